The number of halogens is 1. The Morgan fingerprint density at radius 2 is 2.19 bits per heavy atom. The fourth-order valence-electron chi connectivity index (χ4n) is 1.89. The highest BCUT2D eigenvalue weighted by molar-refractivity contribution is 7.22. The number of nitrogens with zero attached hydrogens (tertiary/aromatic N) is 2. The maximum Gasteiger partial charge on any atom is 0.261 e. The first-order valence-corrected chi connectivity index (χ1v) is 7.32. The zero-order valence-electron chi connectivity index (χ0n) is 11.1. The number of hydrogen-bond acceptors (Lipinski definition) is 5. The van der Waals surface area contributed by atoms with E-state index >= 15 is 0 Å². The molecule has 2 aromatic heterocycles. The van der Waals surface area contributed by atoms with Gasteiger partial charge in [-0.15, -0.1) is 0 Å². The molecule has 0 radical (unpaired) electrons. The molecule has 3 N–H and O–H groups in total. The van der Waals surface area contributed by atoms with E-state index in [1.807, 2.05) is 19.1 Å². The summed E-state index contributed by atoms with van der Waals surface area (Å²) in [5.74, 6) is -0.329. The molecule has 0 aliphatic heterocycles. The number of fused-ring (bicyclic) bond motifs is 1. The van der Waals surface area contributed by atoms with Gasteiger partial charge in [-0.3, -0.25) is 15.1 Å². The quantitative estimate of drug-likeness (QED) is 0.758. The third-order valence-electron chi connectivity index (χ3n) is 2.89. The summed E-state index contributed by atoms with van der Waals surface area (Å²) in [7, 11) is 0. The van der Waals surface area contributed by atoms with E-state index in [4.69, 9.17) is 17.3 Å². The van der Waals surface area contributed by atoms with E-state index in [9.17, 15) is 4.79 Å². The lowest BCUT2D eigenvalue weighted by atomic mass is 10.2. The van der Waals surface area contributed by atoms with Crippen molar-refractivity contribution in [1.29, 1.82) is 0 Å². The van der Waals surface area contributed by atoms with Gasteiger partial charge in [-0.2, -0.15) is 0 Å². The highest BCUT2D eigenvalue weighted by atomic mass is 35.5. The number of carbonyl (C=O) groups is 1. The molecule has 3 aromatic rings. The van der Waals surface area contributed by atoms with Crippen molar-refractivity contribution >= 4 is 49.9 Å². The van der Waals surface area contributed by atoms with Crippen LogP contribution >= 0.6 is 22.9 Å². The molecule has 0 atom stereocenters. The third-order valence-corrected chi connectivity index (χ3v) is 4.06. The standard InChI is InChI=1S/C14H11ClN4OS/c1-7-4-10(16)9(6-17-7)13(20)19-14-18-11-3-2-8(15)5-12(11)21-14/h2-6H,1H3,(H2,16,17)(H,18,19,20). The van der Waals surface area contributed by atoms with Crippen molar-refractivity contribution in [1.82, 2.24) is 9.97 Å². The Morgan fingerprint density at radius 1 is 1.38 bits per heavy atom. The Kier molecular flexibility index (Phi) is 3.48. The highest BCUT2D eigenvalue weighted by Crippen LogP contribution is 2.28. The van der Waals surface area contributed by atoms with E-state index in [0.29, 0.717) is 21.4 Å². The van der Waals surface area contributed by atoms with Gasteiger partial charge >= 0.3 is 0 Å². The van der Waals surface area contributed by atoms with Crippen molar-refractivity contribution in [2.45, 2.75) is 6.92 Å². The number of nitrogens with two attached hydrogens (primary N) is 1. The summed E-state index contributed by atoms with van der Waals surface area (Å²) in [6, 6.07) is 7.04. The number of hydrogen-bond donors (Lipinski definition) is 2. The predicted molar refractivity (Wildman–Crippen MR) is 86.0 cm³/mol. The molecule has 0 unspecified atom stereocenters. The van der Waals surface area contributed by atoms with Gasteiger partial charge < -0.3 is 5.73 Å². The minimum Gasteiger partial charge on any atom is -0.398 e. The van der Waals surface area contributed by atoms with Crippen LogP contribution in [0.2, 0.25) is 5.02 Å². The molecule has 3 rings (SSSR count). The summed E-state index contributed by atoms with van der Waals surface area (Å²) in [5.41, 5.74) is 8.11. The van der Waals surface area contributed by atoms with Crippen LogP contribution in [-0.2, 0) is 0 Å². The number of pyridine rings is 1. The second-order valence-corrected chi connectivity index (χ2v) is 5.97. The molecule has 5 nitrogen and oxygen atoms in total. The number of carbonyl (C=O) groups excluding carboxylic acids is 1. The number of aromatic nitrogens is 2. The molecule has 2 heterocycles. The minimum absolute atomic E-state index is 0.329. The van der Waals surface area contributed by atoms with E-state index in [1.165, 1.54) is 17.5 Å². The Labute approximate surface area is 129 Å². The van der Waals surface area contributed by atoms with Gasteiger partial charge in [0.25, 0.3) is 5.91 Å². The summed E-state index contributed by atoms with van der Waals surface area (Å²) in [4.78, 5) is 20.6. The molecule has 0 aliphatic carbocycles. The van der Waals surface area contributed by atoms with Crippen molar-refractivity contribution in [3.8, 4) is 0 Å². The van der Waals surface area contributed by atoms with Crippen LogP contribution in [0.15, 0.2) is 30.5 Å². The van der Waals surface area contributed by atoms with Crippen molar-refractivity contribution in [3.63, 3.8) is 0 Å². The topological polar surface area (TPSA) is 80.9 Å². The number of benzene rings is 1. The monoisotopic (exact) mass is 318 g/mol. The van der Waals surface area contributed by atoms with E-state index in [1.54, 1.807) is 12.1 Å². The first kappa shape index (κ1) is 13.8. The lowest BCUT2D eigenvalue weighted by molar-refractivity contribution is 0.102. The van der Waals surface area contributed by atoms with Gasteiger partial charge in [0.1, 0.15) is 0 Å². The van der Waals surface area contributed by atoms with Gasteiger partial charge in [-0.05, 0) is 31.2 Å². The number of amides is 1. The third kappa shape index (κ3) is 2.81. The van der Waals surface area contributed by atoms with Gasteiger partial charge in [0.05, 0.1) is 15.8 Å². The average Bonchev–Trinajstić information content (AvgIpc) is 2.79. The van der Waals surface area contributed by atoms with Crippen molar-refractivity contribution in [2.75, 3.05) is 11.1 Å². The van der Waals surface area contributed by atoms with Gasteiger partial charge in [-0.1, -0.05) is 22.9 Å². The zero-order chi connectivity index (χ0) is 15.0. The molecule has 1 aromatic carbocycles. The van der Waals surface area contributed by atoms with E-state index in [2.05, 4.69) is 15.3 Å². The first-order chi connectivity index (χ1) is 10.0. The molecule has 7 heteroatoms. The lowest BCUT2D eigenvalue weighted by Gasteiger charge is -2.05. The van der Waals surface area contributed by atoms with Crippen LogP contribution in [0.5, 0.6) is 0 Å². The first-order valence-electron chi connectivity index (χ1n) is 6.12. The molecule has 0 bridgehead atoms. The molecule has 0 fully saturated rings. The normalized spacial score (nSPS) is 10.8. The maximum atomic E-state index is 12.2. The van der Waals surface area contributed by atoms with Crippen LogP contribution < -0.4 is 11.1 Å². The summed E-state index contributed by atoms with van der Waals surface area (Å²) >= 11 is 7.29. The zero-order valence-corrected chi connectivity index (χ0v) is 12.6. The van der Waals surface area contributed by atoms with Gasteiger partial charge in [0.2, 0.25) is 0 Å². The molecular weight excluding hydrogens is 308 g/mol. The lowest BCUT2D eigenvalue weighted by Crippen LogP contribution is -2.14. The number of rotatable bonds is 2. The van der Waals surface area contributed by atoms with E-state index < -0.39 is 0 Å². The second kappa shape index (κ2) is 5.31. The molecule has 0 saturated heterocycles. The summed E-state index contributed by atoms with van der Waals surface area (Å²) in [6.45, 7) is 1.81. The van der Waals surface area contributed by atoms with Crippen LogP contribution in [0.25, 0.3) is 10.2 Å². The van der Waals surface area contributed by atoms with Crippen molar-refractivity contribution < 1.29 is 4.79 Å². The summed E-state index contributed by atoms with van der Waals surface area (Å²) in [6.07, 6.45) is 1.46. The Morgan fingerprint density at radius 3 is 2.95 bits per heavy atom. The van der Waals surface area contributed by atoms with E-state index in [0.717, 1.165) is 15.9 Å². The number of anilines is 2. The highest BCUT2D eigenvalue weighted by Gasteiger charge is 2.13. The molecule has 106 valence electrons. The number of thiazole rings is 1. The number of nitrogens with one attached hydrogen (secondary N) is 1. The average molecular weight is 319 g/mol. The van der Waals surface area contributed by atoms with Crippen molar-refractivity contribution in [3.05, 3.63) is 46.7 Å². The predicted octanol–water partition coefficient (Wildman–Crippen LogP) is 3.49. The Hall–Kier alpha value is -2.18. The molecule has 21 heavy (non-hydrogen) atoms. The van der Waals surface area contributed by atoms with Crippen LogP contribution in [0.4, 0.5) is 10.8 Å². The summed E-state index contributed by atoms with van der Waals surface area (Å²) < 4.78 is 0.910. The molecular formula is C14H11ClN4OS. The van der Waals surface area contributed by atoms with Crippen molar-refractivity contribution in [2.24, 2.45) is 0 Å². The fourth-order valence-corrected chi connectivity index (χ4v) is 3.02. The van der Waals surface area contributed by atoms with Gasteiger partial charge in [0.15, 0.2) is 5.13 Å². The number of aryl methyl sites for hydroxylation is 1. The second-order valence-electron chi connectivity index (χ2n) is 4.50. The summed E-state index contributed by atoms with van der Waals surface area (Å²) in [5, 5.41) is 3.87. The fraction of sp³-hybridized carbons (Fsp3) is 0.0714. The largest absolute Gasteiger partial charge is 0.398 e. The Bertz CT molecular complexity index is 846. The SMILES string of the molecule is Cc1cc(N)c(C(=O)Nc2nc3ccc(Cl)cc3s2)cn1. The number of nitrogen functional groups attached to an aromatic ring is 1. The minimum atomic E-state index is -0.329. The van der Waals surface area contributed by atoms with Gasteiger partial charge in [0, 0.05) is 22.6 Å². The smallest absolute Gasteiger partial charge is 0.261 e. The Balaban J connectivity index is 1.89. The van der Waals surface area contributed by atoms with E-state index in [-0.39, 0.29) is 5.91 Å². The van der Waals surface area contributed by atoms with Crippen LogP contribution in [0.1, 0.15) is 16.1 Å². The molecule has 0 saturated carbocycles. The van der Waals surface area contributed by atoms with Crippen LogP contribution in [0, 0.1) is 6.92 Å². The van der Waals surface area contributed by atoms with Crippen LogP contribution in [0.3, 0.4) is 0 Å². The molecule has 0 aliphatic rings. The van der Waals surface area contributed by atoms with Crippen LogP contribution in [-0.4, -0.2) is 15.9 Å². The maximum absolute atomic E-state index is 12.2. The molecule has 1 amide bonds. The molecule has 0 spiro atoms. The van der Waals surface area contributed by atoms with Gasteiger partial charge in [-0.25, -0.2) is 4.98 Å².